The number of nitrogens with two attached hydrogens (primary N) is 1. The van der Waals surface area contributed by atoms with Crippen LogP contribution in [0.2, 0.25) is 0 Å². The first-order valence-corrected chi connectivity index (χ1v) is 6.68. The second-order valence-electron chi connectivity index (χ2n) is 3.50. The number of hydrogen-bond donors (Lipinski definition) is 2. The summed E-state index contributed by atoms with van der Waals surface area (Å²) in [7, 11) is 0. The molecule has 3 rings (SSSR count). The van der Waals surface area contributed by atoms with Crippen LogP contribution in [0.3, 0.4) is 0 Å². The van der Waals surface area contributed by atoms with Crippen molar-refractivity contribution in [2.24, 2.45) is 0 Å². The Morgan fingerprint density at radius 1 is 1.31 bits per heavy atom. The number of benzene rings is 1. The molecule has 80 valence electrons. The number of aromatic nitrogens is 2. The minimum absolute atomic E-state index is 0.752. The Morgan fingerprint density at radius 3 is 2.94 bits per heavy atom. The summed E-state index contributed by atoms with van der Waals surface area (Å²) in [5, 5.41) is 2.10. The first-order valence-electron chi connectivity index (χ1n) is 4.72. The number of halogens is 1. The molecule has 2 heterocycles. The molecule has 5 heteroatoms. The highest BCUT2D eigenvalue weighted by atomic mass is 127. The van der Waals surface area contributed by atoms with Gasteiger partial charge < -0.3 is 10.7 Å². The predicted molar refractivity (Wildman–Crippen MR) is 76.5 cm³/mol. The molecular weight excluding hydrogens is 333 g/mol. The molecule has 0 atom stereocenters. The highest BCUT2D eigenvalue weighted by Crippen LogP contribution is 2.26. The molecule has 0 spiro atoms. The summed E-state index contributed by atoms with van der Waals surface area (Å²) in [5.41, 5.74) is 9.54. The minimum Gasteiger partial charge on any atom is -0.399 e. The van der Waals surface area contributed by atoms with Crippen molar-refractivity contribution in [3.05, 3.63) is 32.5 Å². The first-order chi connectivity index (χ1) is 7.72. The smallest absolute Gasteiger partial charge is 0.139 e. The number of anilines is 1. The Balaban J connectivity index is 2.18. The fraction of sp³-hybridized carbons (Fsp3) is 0. The lowest BCUT2D eigenvalue weighted by Crippen LogP contribution is -1.82. The van der Waals surface area contributed by atoms with Crippen LogP contribution in [-0.4, -0.2) is 9.97 Å². The minimum atomic E-state index is 0.752. The summed E-state index contributed by atoms with van der Waals surface area (Å²) in [5.74, 6) is 0.903. The van der Waals surface area contributed by atoms with Crippen molar-refractivity contribution < 1.29 is 0 Å². The van der Waals surface area contributed by atoms with Crippen molar-refractivity contribution in [1.82, 2.24) is 9.97 Å². The molecule has 0 fully saturated rings. The molecule has 3 N–H and O–H groups in total. The van der Waals surface area contributed by atoms with Crippen molar-refractivity contribution in [2.75, 3.05) is 5.73 Å². The van der Waals surface area contributed by atoms with Gasteiger partial charge in [-0.1, -0.05) is 0 Å². The van der Waals surface area contributed by atoms with Gasteiger partial charge in [0.25, 0.3) is 0 Å². The Bertz CT molecular complexity index is 656. The van der Waals surface area contributed by atoms with Gasteiger partial charge in [-0.2, -0.15) is 0 Å². The van der Waals surface area contributed by atoms with E-state index < -0.39 is 0 Å². The standard InChI is InChI=1S/C11H8IN3S/c12-10-3-6(5-16-10)11-14-8-2-1-7(13)4-9(8)15-11/h1-5H,13H2,(H,14,15). The number of thiophene rings is 1. The maximum Gasteiger partial charge on any atom is 0.139 e. The number of rotatable bonds is 1. The molecule has 0 saturated heterocycles. The van der Waals surface area contributed by atoms with Gasteiger partial charge in [0.1, 0.15) is 5.82 Å². The van der Waals surface area contributed by atoms with Gasteiger partial charge in [0.2, 0.25) is 0 Å². The van der Waals surface area contributed by atoms with Crippen molar-refractivity contribution in [3.63, 3.8) is 0 Å². The van der Waals surface area contributed by atoms with Gasteiger partial charge in [0.15, 0.2) is 0 Å². The molecule has 0 aliphatic rings. The Labute approximate surface area is 110 Å². The number of imidazole rings is 1. The zero-order valence-electron chi connectivity index (χ0n) is 8.20. The van der Waals surface area contributed by atoms with E-state index in [1.807, 2.05) is 18.2 Å². The number of hydrogen-bond acceptors (Lipinski definition) is 3. The lowest BCUT2D eigenvalue weighted by molar-refractivity contribution is 1.35. The molecule has 1 aromatic carbocycles. The zero-order chi connectivity index (χ0) is 11.1. The summed E-state index contributed by atoms with van der Waals surface area (Å²) in [6.45, 7) is 0. The topological polar surface area (TPSA) is 54.7 Å². The first kappa shape index (κ1) is 10.1. The maximum atomic E-state index is 5.73. The summed E-state index contributed by atoms with van der Waals surface area (Å²) < 4.78 is 1.26. The van der Waals surface area contributed by atoms with Crippen molar-refractivity contribution >= 4 is 50.6 Å². The molecular formula is C11H8IN3S. The number of nitrogens with zero attached hydrogens (tertiary/aromatic N) is 1. The largest absolute Gasteiger partial charge is 0.399 e. The Morgan fingerprint density at radius 2 is 2.19 bits per heavy atom. The van der Waals surface area contributed by atoms with E-state index in [1.165, 1.54) is 2.88 Å². The quantitative estimate of drug-likeness (QED) is 0.526. The number of nitrogen functional groups attached to an aromatic ring is 1. The second kappa shape index (κ2) is 3.74. The zero-order valence-corrected chi connectivity index (χ0v) is 11.2. The van der Waals surface area contributed by atoms with Crippen LogP contribution in [0, 0.1) is 2.88 Å². The van der Waals surface area contributed by atoms with Crippen LogP contribution in [0.15, 0.2) is 29.6 Å². The lowest BCUT2D eigenvalue weighted by Gasteiger charge is -1.89. The van der Waals surface area contributed by atoms with E-state index >= 15 is 0 Å². The fourth-order valence-corrected chi connectivity index (χ4v) is 2.93. The molecule has 3 nitrogen and oxygen atoms in total. The third kappa shape index (κ3) is 1.69. The van der Waals surface area contributed by atoms with E-state index in [-0.39, 0.29) is 0 Å². The van der Waals surface area contributed by atoms with Crippen LogP contribution >= 0.6 is 33.9 Å². The van der Waals surface area contributed by atoms with Gasteiger partial charge in [0.05, 0.1) is 13.9 Å². The molecule has 0 aliphatic carbocycles. The molecule has 3 aromatic rings. The van der Waals surface area contributed by atoms with Crippen LogP contribution in [0.1, 0.15) is 0 Å². The monoisotopic (exact) mass is 341 g/mol. The van der Waals surface area contributed by atoms with Crippen LogP contribution in [0.4, 0.5) is 5.69 Å². The van der Waals surface area contributed by atoms with Crippen LogP contribution in [0.5, 0.6) is 0 Å². The third-order valence-corrected chi connectivity index (χ3v) is 4.14. The van der Waals surface area contributed by atoms with Gasteiger partial charge in [-0.3, -0.25) is 0 Å². The Kier molecular flexibility index (Phi) is 2.36. The second-order valence-corrected chi connectivity index (χ2v) is 6.31. The normalized spacial score (nSPS) is 11.1. The predicted octanol–water partition coefficient (Wildman–Crippen LogP) is 3.48. The molecule has 0 unspecified atom stereocenters. The van der Waals surface area contributed by atoms with E-state index in [2.05, 4.69) is 44.0 Å². The molecule has 16 heavy (non-hydrogen) atoms. The summed E-state index contributed by atoms with van der Waals surface area (Å²) >= 11 is 4.02. The highest BCUT2D eigenvalue weighted by Gasteiger charge is 2.06. The third-order valence-electron chi connectivity index (χ3n) is 2.35. The van der Waals surface area contributed by atoms with E-state index in [1.54, 1.807) is 11.3 Å². The molecule has 0 saturated carbocycles. The molecule has 0 radical (unpaired) electrons. The van der Waals surface area contributed by atoms with E-state index in [4.69, 9.17) is 5.73 Å². The van der Waals surface area contributed by atoms with Crippen molar-refractivity contribution in [1.29, 1.82) is 0 Å². The van der Waals surface area contributed by atoms with Gasteiger partial charge in [-0.15, -0.1) is 11.3 Å². The maximum absolute atomic E-state index is 5.73. The Hall–Kier alpha value is -1.08. The number of aromatic amines is 1. The summed E-state index contributed by atoms with van der Waals surface area (Å²) in [6.07, 6.45) is 0. The average molecular weight is 341 g/mol. The van der Waals surface area contributed by atoms with Crippen molar-refractivity contribution in [3.8, 4) is 11.4 Å². The molecule has 0 aliphatic heterocycles. The van der Waals surface area contributed by atoms with Crippen LogP contribution in [-0.2, 0) is 0 Å². The highest BCUT2D eigenvalue weighted by molar-refractivity contribution is 14.1. The van der Waals surface area contributed by atoms with Crippen LogP contribution in [0.25, 0.3) is 22.4 Å². The number of fused-ring (bicyclic) bond motifs is 1. The SMILES string of the molecule is Nc1ccc2nc(-c3csc(I)c3)[nH]c2c1. The number of H-pyrrole nitrogens is 1. The lowest BCUT2D eigenvalue weighted by atomic mass is 10.3. The fourth-order valence-electron chi connectivity index (χ4n) is 1.60. The van der Waals surface area contributed by atoms with Gasteiger partial charge in [-0.05, 0) is 46.9 Å². The molecule has 0 bridgehead atoms. The molecule has 2 aromatic heterocycles. The molecule has 0 amide bonds. The van der Waals surface area contributed by atoms with E-state index in [9.17, 15) is 0 Å². The van der Waals surface area contributed by atoms with Crippen LogP contribution < -0.4 is 5.73 Å². The van der Waals surface area contributed by atoms with Gasteiger partial charge in [0, 0.05) is 16.6 Å². The van der Waals surface area contributed by atoms with Crippen molar-refractivity contribution in [2.45, 2.75) is 0 Å². The van der Waals surface area contributed by atoms with E-state index in [0.717, 1.165) is 28.1 Å². The number of nitrogens with one attached hydrogen (secondary N) is 1. The van der Waals surface area contributed by atoms with Gasteiger partial charge >= 0.3 is 0 Å². The average Bonchev–Trinajstić information content (AvgIpc) is 2.83. The summed E-state index contributed by atoms with van der Waals surface area (Å²) in [6, 6.07) is 7.82. The van der Waals surface area contributed by atoms with E-state index in [0.29, 0.717) is 0 Å². The van der Waals surface area contributed by atoms with Gasteiger partial charge in [-0.25, -0.2) is 4.98 Å². The summed E-state index contributed by atoms with van der Waals surface area (Å²) in [4.78, 5) is 7.81.